The van der Waals surface area contributed by atoms with Crippen LogP contribution in [-0.4, -0.2) is 55.8 Å². The van der Waals surface area contributed by atoms with Gasteiger partial charge in [0, 0.05) is 44.8 Å². The van der Waals surface area contributed by atoms with Gasteiger partial charge in [-0.05, 0) is 37.0 Å². The normalized spacial score (nSPS) is 17.6. The van der Waals surface area contributed by atoms with E-state index in [9.17, 15) is 9.59 Å². The van der Waals surface area contributed by atoms with E-state index in [4.69, 9.17) is 4.74 Å². The Hall–Kier alpha value is -2.35. The van der Waals surface area contributed by atoms with E-state index >= 15 is 0 Å². The fourth-order valence-corrected chi connectivity index (χ4v) is 3.76. The van der Waals surface area contributed by atoms with Crippen molar-refractivity contribution in [1.82, 2.24) is 20.9 Å². The molecule has 3 amide bonds. The zero-order valence-corrected chi connectivity index (χ0v) is 17.1. The average molecular weight is 404 g/mol. The highest BCUT2D eigenvalue weighted by Gasteiger charge is 2.15. The molecule has 1 aromatic heterocycles. The third kappa shape index (κ3) is 7.53. The van der Waals surface area contributed by atoms with E-state index in [0.717, 1.165) is 50.5 Å². The number of hydrogen-bond donors (Lipinski definition) is 3. The summed E-state index contributed by atoms with van der Waals surface area (Å²) in [5.41, 5.74) is 1.03. The Kier molecular flexibility index (Phi) is 8.55. The van der Waals surface area contributed by atoms with Gasteiger partial charge in [-0.2, -0.15) is 0 Å². The highest BCUT2D eigenvalue weighted by molar-refractivity contribution is 5.76. The van der Waals surface area contributed by atoms with E-state index in [1.807, 2.05) is 12.1 Å². The van der Waals surface area contributed by atoms with Crippen LogP contribution in [0.5, 0.6) is 0 Å². The molecule has 3 N–H and O–H groups in total. The minimum absolute atomic E-state index is 0.00998. The maximum atomic E-state index is 12.1. The molecule has 0 atom stereocenters. The van der Waals surface area contributed by atoms with E-state index in [2.05, 4.69) is 25.8 Å². The molecule has 1 aliphatic heterocycles. The maximum Gasteiger partial charge on any atom is 0.315 e. The number of aromatic nitrogens is 1. The third-order valence-corrected chi connectivity index (χ3v) is 5.44. The summed E-state index contributed by atoms with van der Waals surface area (Å²) in [6, 6.07) is 4.11. The van der Waals surface area contributed by atoms with E-state index < -0.39 is 0 Å². The van der Waals surface area contributed by atoms with Crippen molar-refractivity contribution in [2.24, 2.45) is 0 Å². The highest BCUT2D eigenvalue weighted by atomic mass is 16.5. The molecule has 8 nitrogen and oxygen atoms in total. The van der Waals surface area contributed by atoms with Gasteiger partial charge in [0.1, 0.15) is 5.82 Å². The molecule has 0 bridgehead atoms. The molecule has 160 valence electrons. The van der Waals surface area contributed by atoms with Gasteiger partial charge < -0.3 is 25.6 Å². The first-order valence-electron chi connectivity index (χ1n) is 10.8. The van der Waals surface area contributed by atoms with Crippen molar-refractivity contribution >= 4 is 17.8 Å². The number of nitrogens with zero attached hydrogens (tertiary/aromatic N) is 2. The predicted molar refractivity (Wildman–Crippen MR) is 112 cm³/mol. The summed E-state index contributed by atoms with van der Waals surface area (Å²) in [4.78, 5) is 30.6. The van der Waals surface area contributed by atoms with Crippen LogP contribution in [0.25, 0.3) is 0 Å². The Morgan fingerprint density at radius 2 is 1.93 bits per heavy atom. The van der Waals surface area contributed by atoms with Crippen molar-refractivity contribution in [3.05, 3.63) is 23.9 Å². The Bertz CT molecular complexity index is 657. The lowest BCUT2D eigenvalue weighted by molar-refractivity contribution is -0.121. The van der Waals surface area contributed by atoms with Crippen LogP contribution >= 0.6 is 0 Å². The minimum Gasteiger partial charge on any atom is -0.378 e. The van der Waals surface area contributed by atoms with Crippen LogP contribution in [-0.2, 0) is 16.1 Å². The summed E-state index contributed by atoms with van der Waals surface area (Å²) in [6.07, 6.45) is 8.58. The molecule has 2 heterocycles. The van der Waals surface area contributed by atoms with Gasteiger partial charge in [0.15, 0.2) is 0 Å². The van der Waals surface area contributed by atoms with Crippen LogP contribution in [0.3, 0.4) is 0 Å². The second-order valence-corrected chi connectivity index (χ2v) is 7.74. The van der Waals surface area contributed by atoms with Crippen LogP contribution in [0.1, 0.15) is 50.5 Å². The topological polar surface area (TPSA) is 95.6 Å². The van der Waals surface area contributed by atoms with Crippen LogP contribution in [0, 0.1) is 0 Å². The quantitative estimate of drug-likeness (QED) is 0.577. The minimum atomic E-state index is -0.121. The standard InChI is InChI=1S/C21H33N5O3/c27-20(7-4-9-23-21(28)25-18-5-2-1-3-6-18)24-16-17-8-10-22-19(15-17)26-11-13-29-14-12-26/h8,10,15,18H,1-7,9,11-14,16H2,(H,24,27)(H2,23,25,28). The molecule has 0 spiro atoms. The summed E-state index contributed by atoms with van der Waals surface area (Å²) in [7, 11) is 0. The third-order valence-electron chi connectivity index (χ3n) is 5.44. The SMILES string of the molecule is O=C(CCCNC(=O)NC1CCCCC1)NCc1ccnc(N2CCOCC2)c1. The van der Waals surface area contributed by atoms with Gasteiger partial charge in [0.25, 0.3) is 0 Å². The number of anilines is 1. The molecular weight excluding hydrogens is 370 g/mol. The smallest absolute Gasteiger partial charge is 0.315 e. The number of nitrogens with one attached hydrogen (secondary N) is 3. The first-order valence-corrected chi connectivity index (χ1v) is 10.8. The molecule has 1 saturated carbocycles. The van der Waals surface area contributed by atoms with Gasteiger partial charge in [0.2, 0.25) is 5.91 Å². The Morgan fingerprint density at radius 3 is 2.72 bits per heavy atom. The highest BCUT2D eigenvalue weighted by Crippen LogP contribution is 2.17. The molecule has 2 aliphatic rings. The lowest BCUT2D eigenvalue weighted by atomic mass is 9.96. The van der Waals surface area contributed by atoms with Crippen LogP contribution in [0.15, 0.2) is 18.3 Å². The lowest BCUT2D eigenvalue weighted by Crippen LogP contribution is -2.43. The van der Waals surface area contributed by atoms with Crippen molar-refractivity contribution in [2.75, 3.05) is 37.7 Å². The Balaban J connectivity index is 1.29. The largest absolute Gasteiger partial charge is 0.378 e. The number of carbonyl (C=O) groups is 2. The summed E-state index contributed by atoms with van der Waals surface area (Å²) in [5, 5.41) is 8.81. The summed E-state index contributed by atoms with van der Waals surface area (Å²) < 4.78 is 5.37. The Labute approximate surface area is 172 Å². The van der Waals surface area contributed by atoms with Gasteiger partial charge in [-0.1, -0.05) is 19.3 Å². The van der Waals surface area contributed by atoms with Crippen molar-refractivity contribution in [3.63, 3.8) is 0 Å². The molecule has 1 saturated heterocycles. The van der Waals surface area contributed by atoms with Gasteiger partial charge >= 0.3 is 6.03 Å². The number of urea groups is 1. The number of ether oxygens (including phenoxy) is 1. The van der Waals surface area contributed by atoms with Gasteiger partial charge in [-0.15, -0.1) is 0 Å². The molecule has 8 heteroatoms. The molecule has 0 radical (unpaired) electrons. The Morgan fingerprint density at radius 1 is 1.14 bits per heavy atom. The number of amides is 3. The zero-order chi connectivity index (χ0) is 20.3. The molecule has 0 aromatic carbocycles. The number of morpholine rings is 1. The summed E-state index contributed by atoms with van der Waals surface area (Å²) in [6.45, 7) is 4.09. The second kappa shape index (κ2) is 11.6. The van der Waals surface area contributed by atoms with E-state index in [0.29, 0.717) is 32.0 Å². The summed E-state index contributed by atoms with van der Waals surface area (Å²) in [5.74, 6) is 0.914. The molecule has 1 aliphatic carbocycles. The monoisotopic (exact) mass is 403 g/mol. The van der Waals surface area contributed by atoms with Gasteiger partial charge in [-0.25, -0.2) is 9.78 Å². The second-order valence-electron chi connectivity index (χ2n) is 7.74. The van der Waals surface area contributed by atoms with E-state index in [1.54, 1.807) is 6.20 Å². The lowest BCUT2D eigenvalue weighted by Gasteiger charge is -2.28. The van der Waals surface area contributed by atoms with Gasteiger partial charge in [0.05, 0.1) is 13.2 Å². The zero-order valence-electron chi connectivity index (χ0n) is 17.1. The fraction of sp³-hybridized carbons (Fsp3) is 0.667. The summed E-state index contributed by atoms with van der Waals surface area (Å²) >= 11 is 0. The number of carbonyl (C=O) groups excluding carboxylic acids is 2. The first kappa shape index (κ1) is 21.4. The van der Waals surface area contributed by atoms with E-state index in [1.165, 1.54) is 19.3 Å². The fourth-order valence-electron chi connectivity index (χ4n) is 3.76. The molecule has 0 unspecified atom stereocenters. The van der Waals surface area contributed by atoms with Crippen LogP contribution in [0.2, 0.25) is 0 Å². The van der Waals surface area contributed by atoms with Gasteiger partial charge in [-0.3, -0.25) is 4.79 Å². The maximum absolute atomic E-state index is 12.1. The predicted octanol–water partition coefficient (Wildman–Crippen LogP) is 1.95. The molecule has 1 aromatic rings. The molecule has 3 rings (SSSR count). The van der Waals surface area contributed by atoms with Crippen molar-refractivity contribution in [2.45, 2.75) is 57.5 Å². The van der Waals surface area contributed by atoms with Crippen LogP contribution in [0.4, 0.5) is 10.6 Å². The number of rotatable bonds is 8. The number of pyridine rings is 1. The van der Waals surface area contributed by atoms with Crippen LogP contribution < -0.4 is 20.9 Å². The molecule has 2 fully saturated rings. The van der Waals surface area contributed by atoms with E-state index in [-0.39, 0.29) is 11.9 Å². The first-order chi connectivity index (χ1) is 14.2. The number of hydrogen-bond acceptors (Lipinski definition) is 5. The van der Waals surface area contributed by atoms with Crippen molar-refractivity contribution < 1.29 is 14.3 Å². The molecule has 29 heavy (non-hydrogen) atoms. The van der Waals surface area contributed by atoms with Crippen molar-refractivity contribution in [1.29, 1.82) is 0 Å². The van der Waals surface area contributed by atoms with Crippen molar-refractivity contribution in [3.8, 4) is 0 Å². The average Bonchev–Trinajstić information content (AvgIpc) is 2.77. The molecular formula is C21H33N5O3.